The van der Waals surface area contributed by atoms with Crippen molar-refractivity contribution in [3.63, 3.8) is 0 Å². The molecular formula is C22H17FN2O3. The fraction of sp³-hybridized carbons (Fsp3) is 0.0909. The summed E-state index contributed by atoms with van der Waals surface area (Å²) in [5.74, 6) is -0.371. The molecule has 0 atom stereocenters. The van der Waals surface area contributed by atoms with E-state index in [2.05, 4.69) is 4.98 Å². The van der Waals surface area contributed by atoms with Gasteiger partial charge in [0.1, 0.15) is 11.5 Å². The smallest absolute Gasteiger partial charge is 0.353 e. The zero-order valence-corrected chi connectivity index (χ0v) is 14.9. The number of hydrogen-bond donors (Lipinski definition) is 0. The van der Waals surface area contributed by atoms with Crippen LogP contribution in [0.15, 0.2) is 88.4 Å². The van der Waals surface area contributed by atoms with Crippen molar-refractivity contribution in [3.05, 3.63) is 101 Å². The average Bonchev–Trinajstić information content (AvgIpc) is 3.06. The van der Waals surface area contributed by atoms with Gasteiger partial charge in [-0.2, -0.15) is 4.74 Å². The summed E-state index contributed by atoms with van der Waals surface area (Å²) < 4.78 is 25.9. The number of rotatable bonds is 6. The van der Waals surface area contributed by atoms with Gasteiger partial charge in [-0.05, 0) is 35.4 Å². The van der Waals surface area contributed by atoms with Crippen LogP contribution in [0.4, 0.5) is 4.39 Å². The Labute approximate surface area is 160 Å². The van der Waals surface area contributed by atoms with Gasteiger partial charge in [-0.1, -0.05) is 42.5 Å². The second-order valence-electron chi connectivity index (χ2n) is 6.19. The van der Waals surface area contributed by atoms with Crippen molar-refractivity contribution < 1.29 is 13.7 Å². The van der Waals surface area contributed by atoms with Crippen molar-refractivity contribution in [2.24, 2.45) is 0 Å². The Morgan fingerprint density at radius 3 is 2.36 bits per heavy atom. The van der Waals surface area contributed by atoms with Crippen molar-refractivity contribution in [2.75, 3.05) is 0 Å². The lowest BCUT2D eigenvalue weighted by Crippen LogP contribution is -2.04. The number of hydrogen-bond acceptors (Lipinski definition) is 4. The number of aromatic nitrogens is 2. The molecule has 0 aliphatic carbocycles. The van der Waals surface area contributed by atoms with Gasteiger partial charge in [0, 0.05) is 18.0 Å². The summed E-state index contributed by atoms with van der Waals surface area (Å²) in [6.07, 6.45) is 3.27. The quantitative estimate of drug-likeness (QED) is 0.498. The molecular weight excluding hydrogens is 359 g/mol. The molecule has 0 aliphatic rings. The van der Waals surface area contributed by atoms with Crippen LogP contribution >= 0.6 is 0 Å². The van der Waals surface area contributed by atoms with Crippen LogP contribution in [0.5, 0.6) is 0 Å². The molecule has 140 valence electrons. The van der Waals surface area contributed by atoms with Crippen molar-refractivity contribution in [2.45, 2.75) is 13.3 Å². The number of halogens is 1. The highest BCUT2D eigenvalue weighted by Gasteiger charge is 2.21. The Balaban J connectivity index is 1.71. The van der Waals surface area contributed by atoms with E-state index in [0.29, 0.717) is 23.4 Å². The predicted molar refractivity (Wildman–Crippen MR) is 103 cm³/mol. The first-order chi connectivity index (χ1) is 13.7. The highest BCUT2D eigenvalue weighted by molar-refractivity contribution is 5.79. The van der Waals surface area contributed by atoms with Gasteiger partial charge in [0.2, 0.25) is 0 Å². The van der Waals surface area contributed by atoms with Gasteiger partial charge in [0.15, 0.2) is 6.73 Å². The fourth-order valence-corrected chi connectivity index (χ4v) is 2.99. The second kappa shape index (κ2) is 8.02. The molecule has 4 aromatic rings. The second-order valence-corrected chi connectivity index (χ2v) is 6.19. The molecule has 0 radical (unpaired) electrons. The van der Waals surface area contributed by atoms with E-state index in [4.69, 9.17) is 9.26 Å². The van der Waals surface area contributed by atoms with Crippen molar-refractivity contribution >= 4 is 0 Å². The Bertz CT molecular complexity index is 1100. The number of benzene rings is 2. The lowest BCUT2D eigenvalue weighted by molar-refractivity contribution is 0.0140. The molecule has 0 unspecified atom stereocenters. The third kappa shape index (κ3) is 3.77. The highest BCUT2D eigenvalue weighted by Crippen LogP contribution is 2.30. The zero-order valence-electron chi connectivity index (χ0n) is 14.9. The van der Waals surface area contributed by atoms with Crippen LogP contribution in [0.1, 0.15) is 5.56 Å². The Kier molecular flexibility index (Phi) is 5.12. The van der Waals surface area contributed by atoms with Crippen molar-refractivity contribution in [1.82, 2.24) is 9.72 Å². The van der Waals surface area contributed by atoms with Crippen LogP contribution < -0.4 is 5.63 Å². The summed E-state index contributed by atoms with van der Waals surface area (Å²) in [4.78, 5) is 16.6. The largest absolute Gasteiger partial charge is 0.366 e. The summed E-state index contributed by atoms with van der Waals surface area (Å²) in [6, 6.07) is 19.0. The lowest BCUT2D eigenvalue weighted by atomic mass is 10.0. The predicted octanol–water partition coefficient (Wildman–Crippen LogP) is 4.48. The average molecular weight is 376 g/mol. The van der Waals surface area contributed by atoms with Crippen LogP contribution in [0.2, 0.25) is 0 Å². The number of ether oxygens (including phenoxy) is 1. The summed E-state index contributed by atoms with van der Waals surface area (Å²) in [5, 5.41) is 0. The standard InChI is InChI=1S/C22H17FN2O3/c23-19-8-6-17(7-9-19)20-21(18-10-12-24-13-11-18)25(28-22(20)26)15-27-14-16-4-2-1-3-5-16/h1-13H,14-15H2. The van der Waals surface area contributed by atoms with E-state index in [0.717, 1.165) is 11.1 Å². The minimum absolute atomic E-state index is 0.0585. The molecule has 5 nitrogen and oxygen atoms in total. The molecule has 2 aromatic carbocycles. The van der Waals surface area contributed by atoms with Gasteiger partial charge in [0.25, 0.3) is 0 Å². The topological polar surface area (TPSA) is 57.3 Å². The first kappa shape index (κ1) is 17.9. The molecule has 0 saturated heterocycles. The van der Waals surface area contributed by atoms with Gasteiger partial charge in [-0.15, -0.1) is 0 Å². The maximum absolute atomic E-state index is 13.3. The van der Waals surface area contributed by atoms with Gasteiger partial charge >= 0.3 is 5.63 Å². The number of pyridine rings is 1. The van der Waals surface area contributed by atoms with Crippen molar-refractivity contribution in [1.29, 1.82) is 0 Å². The molecule has 0 aliphatic heterocycles. The third-order valence-electron chi connectivity index (χ3n) is 4.29. The van der Waals surface area contributed by atoms with Gasteiger partial charge < -0.3 is 9.26 Å². The molecule has 6 heteroatoms. The zero-order chi connectivity index (χ0) is 19.3. The van der Waals surface area contributed by atoms with Crippen molar-refractivity contribution in [3.8, 4) is 22.4 Å². The molecule has 0 amide bonds. The van der Waals surface area contributed by atoms with E-state index >= 15 is 0 Å². The van der Waals surface area contributed by atoms with Crippen LogP contribution in [0, 0.1) is 5.82 Å². The maximum atomic E-state index is 13.3. The minimum atomic E-state index is -0.512. The molecule has 2 heterocycles. The Morgan fingerprint density at radius 2 is 1.64 bits per heavy atom. The molecule has 4 rings (SSSR count). The molecule has 0 fully saturated rings. The van der Waals surface area contributed by atoms with E-state index in [1.807, 2.05) is 30.3 Å². The maximum Gasteiger partial charge on any atom is 0.366 e. The van der Waals surface area contributed by atoms with Gasteiger partial charge in [0.05, 0.1) is 12.2 Å². The summed E-state index contributed by atoms with van der Waals surface area (Å²) >= 11 is 0. The minimum Gasteiger partial charge on any atom is -0.353 e. The number of nitrogens with zero attached hydrogens (tertiary/aromatic N) is 2. The van der Waals surface area contributed by atoms with E-state index in [1.165, 1.54) is 16.9 Å². The third-order valence-corrected chi connectivity index (χ3v) is 4.29. The van der Waals surface area contributed by atoms with Crippen LogP contribution in [-0.4, -0.2) is 9.72 Å². The Morgan fingerprint density at radius 1 is 0.929 bits per heavy atom. The summed E-state index contributed by atoms with van der Waals surface area (Å²) in [6.45, 7) is 0.438. The van der Waals surface area contributed by atoms with E-state index in [-0.39, 0.29) is 12.5 Å². The highest BCUT2D eigenvalue weighted by atomic mass is 19.1. The lowest BCUT2D eigenvalue weighted by Gasteiger charge is -2.09. The van der Waals surface area contributed by atoms with Crippen LogP contribution in [0.3, 0.4) is 0 Å². The summed E-state index contributed by atoms with van der Waals surface area (Å²) in [5.41, 5.74) is 2.75. The van der Waals surface area contributed by atoms with E-state index in [9.17, 15) is 9.18 Å². The first-order valence-corrected chi connectivity index (χ1v) is 8.74. The van der Waals surface area contributed by atoms with Crippen LogP contribution in [-0.2, 0) is 18.1 Å². The molecule has 0 N–H and O–H groups in total. The molecule has 0 spiro atoms. The fourth-order valence-electron chi connectivity index (χ4n) is 2.99. The molecule has 2 aromatic heterocycles. The van der Waals surface area contributed by atoms with Crippen LogP contribution in [0.25, 0.3) is 22.4 Å². The van der Waals surface area contributed by atoms with Gasteiger partial charge in [-0.25, -0.2) is 9.18 Å². The normalized spacial score (nSPS) is 10.9. The molecule has 0 bridgehead atoms. The molecule has 28 heavy (non-hydrogen) atoms. The summed E-state index contributed by atoms with van der Waals surface area (Å²) in [7, 11) is 0. The van der Waals surface area contributed by atoms with Gasteiger partial charge in [-0.3, -0.25) is 4.98 Å². The SMILES string of the molecule is O=c1on(COCc2ccccc2)c(-c2ccncc2)c1-c1ccc(F)cc1. The monoisotopic (exact) mass is 376 g/mol. The first-order valence-electron chi connectivity index (χ1n) is 8.74. The Hall–Kier alpha value is -3.51. The van der Waals surface area contributed by atoms with E-state index in [1.54, 1.807) is 36.7 Å². The molecule has 0 saturated carbocycles. The van der Waals surface area contributed by atoms with E-state index < -0.39 is 5.63 Å².